The number of carbonyl (C=O) groups excluding carboxylic acids is 1. The number of ether oxygens (including phenoxy) is 1. The zero-order valence-corrected chi connectivity index (χ0v) is 10.9. The summed E-state index contributed by atoms with van der Waals surface area (Å²) >= 11 is 4.56. The zero-order valence-electron chi connectivity index (χ0n) is 8.49. The van der Waals surface area contributed by atoms with Gasteiger partial charge in [0.15, 0.2) is 0 Å². The molecule has 4 nitrogen and oxygen atoms in total. The minimum atomic E-state index is -0.390. The molecule has 0 spiro atoms. The van der Waals surface area contributed by atoms with Gasteiger partial charge in [0.1, 0.15) is 9.71 Å². The highest BCUT2D eigenvalue weighted by Crippen LogP contribution is 2.34. The van der Waals surface area contributed by atoms with Crippen molar-refractivity contribution in [1.29, 1.82) is 0 Å². The van der Waals surface area contributed by atoms with E-state index in [-0.39, 0.29) is 5.97 Å². The zero-order chi connectivity index (χ0) is 11.7. The number of carbonyl (C=O) groups is 1. The van der Waals surface area contributed by atoms with E-state index in [2.05, 4.69) is 20.9 Å². The number of nitrogens with two attached hydrogens (primary N) is 1. The van der Waals surface area contributed by atoms with Gasteiger partial charge in [0.25, 0.3) is 0 Å². The maximum absolute atomic E-state index is 11.6. The minimum absolute atomic E-state index is 0.337. The molecule has 0 bridgehead atoms. The van der Waals surface area contributed by atoms with Gasteiger partial charge >= 0.3 is 5.97 Å². The van der Waals surface area contributed by atoms with Crippen molar-refractivity contribution in [1.82, 2.24) is 4.98 Å². The van der Waals surface area contributed by atoms with E-state index in [0.29, 0.717) is 17.2 Å². The molecule has 0 saturated heterocycles. The molecule has 0 atom stereocenters. The molecule has 6 heteroatoms. The van der Waals surface area contributed by atoms with Crippen LogP contribution < -0.4 is 5.73 Å². The second-order valence-corrected chi connectivity index (χ2v) is 4.99. The number of thiophene rings is 1. The number of aromatic nitrogens is 1. The lowest BCUT2D eigenvalue weighted by molar-refractivity contribution is 0.0533. The predicted molar refractivity (Wildman–Crippen MR) is 67.7 cm³/mol. The first-order valence-electron chi connectivity index (χ1n) is 4.64. The lowest BCUT2D eigenvalue weighted by Gasteiger charge is -1.98. The van der Waals surface area contributed by atoms with Crippen LogP contribution in [0.2, 0.25) is 0 Å². The summed E-state index contributed by atoms with van der Waals surface area (Å²) in [4.78, 5) is 16.9. The number of rotatable bonds is 2. The summed E-state index contributed by atoms with van der Waals surface area (Å²) in [6.07, 6.45) is 1.67. The highest BCUT2D eigenvalue weighted by molar-refractivity contribution is 9.10. The van der Waals surface area contributed by atoms with E-state index in [1.165, 1.54) is 11.3 Å². The molecular formula is C10H9BrN2O2S. The number of anilines is 1. The van der Waals surface area contributed by atoms with Gasteiger partial charge in [0.2, 0.25) is 0 Å². The van der Waals surface area contributed by atoms with Crippen molar-refractivity contribution in [3.63, 3.8) is 0 Å². The van der Waals surface area contributed by atoms with Crippen LogP contribution in [0.4, 0.5) is 5.69 Å². The fourth-order valence-corrected chi connectivity index (χ4v) is 2.59. The van der Waals surface area contributed by atoms with Crippen molar-refractivity contribution < 1.29 is 9.53 Å². The van der Waals surface area contributed by atoms with E-state index in [0.717, 1.165) is 14.7 Å². The summed E-state index contributed by atoms with van der Waals surface area (Å²) in [7, 11) is 0. The Morgan fingerprint density at radius 2 is 2.44 bits per heavy atom. The molecule has 0 fully saturated rings. The molecule has 0 aliphatic carbocycles. The van der Waals surface area contributed by atoms with Gasteiger partial charge in [0.05, 0.1) is 12.3 Å². The third-order valence-electron chi connectivity index (χ3n) is 2.01. The van der Waals surface area contributed by atoms with Gasteiger partial charge in [-0.15, -0.1) is 11.3 Å². The second kappa shape index (κ2) is 4.39. The number of nitrogen functional groups attached to an aromatic ring is 1. The summed E-state index contributed by atoms with van der Waals surface area (Å²) in [5, 5.41) is 0.780. The van der Waals surface area contributed by atoms with Gasteiger partial charge < -0.3 is 10.5 Å². The fourth-order valence-electron chi connectivity index (χ4n) is 1.32. The normalized spacial score (nSPS) is 10.6. The molecule has 2 heterocycles. The minimum Gasteiger partial charge on any atom is -0.462 e. The van der Waals surface area contributed by atoms with Crippen LogP contribution in [0.15, 0.2) is 16.7 Å². The average Bonchev–Trinajstić information content (AvgIpc) is 2.57. The summed E-state index contributed by atoms with van der Waals surface area (Å²) in [5.41, 5.74) is 6.33. The van der Waals surface area contributed by atoms with Crippen LogP contribution in [0, 0.1) is 0 Å². The Bertz CT molecular complexity index is 553. The van der Waals surface area contributed by atoms with Crippen LogP contribution in [-0.4, -0.2) is 17.6 Å². The van der Waals surface area contributed by atoms with E-state index in [1.54, 1.807) is 13.1 Å². The molecule has 0 radical (unpaired) electrons. The topological polar surface area (TPSA) is 65.2 Å². The van der Waals surface area contributed by atoms with Crippen molar-refractivity contribution in [2.24, 2.45) is 0 Å². The maximum atomic E-state index is 11.6. The smallest absolute Gasteiger partial charge is 0.350 e. The van der Waals surface area contributed by atoms with E-state index in [1.807, 2.05) is 6.07 Å². The van der Waals surface area contributed by atoms with Gasteiger partial charge in [-0.1, -0.05) is 0 Å². The molecule has 0 amide bonds. The lowest BCUT2D eigenvalue weighted by atomic mass is 10.3. The number of fused-ring (bicyclic) bond motifs is 1. The highest BCUT2D eigenvalue weighted by atomic mass is 79.9. The van der Waals surface area contributed by atoms with E-state index in [9.17, 15) is 4.79 Å². The van der Waals surface area contributed by atoms with Gasteiger partial charge in [-0.05, 0) is 28.9 Å². The van der Waals surface area contributed by atoms with Crippen molar-refractivity contribution in [2.45, 2.75) is 6.92 Å². The molecule has 84 valence electrons. The van der Waals surface area contributed by atoms with Crippen LogP contribution in [0.5, 0.6) is 0 Å². The molecule has 0 aromatic carbocycles. The average molecular weight is 301 g/mol. The molecule has 2 aromatic heterocycles. The van der Waals surface area contributed by atoms with E-state index in [4.69, 9.17) is 10.5 Å². The number of pyridine rings is 1. The highest BCUT2D eigenvalue weighted by Gasteiger charge is 2.18. The van der Waals surface area contributed by atoms with Gasteiger partial charge in [-0.2, -0.15) is 0 Å². The van der Waals surface area contributed by atoms with Crippen molar-refractivity contribution in [3.8, 4) is 0 Å². The van der Waals surface area contributed by atoms with Crippen LogP contribution >= 0.6 is 27.3 Å². The van der Waals surface area contributed by atoms with Crippen molar-refractivity contribution >= 4 is 49.1 Å². The van der Waals surface area contributed by atoms with E-state index >= 15 is 0 Å². The molecule has 0 aliphatic heterocycles. The third kappa shape index (κ3) is 1.90. The molecular weight excluding hydrogens is 292 g/mol. The Balaban J connectivity index is 2.56. The van der Waals surface area contributed by atoms with Crippen LogP contribution in [0.1, 0.15) is 16.6 Å². The van der Waals surface area contributed by atoms with Crippen LogP contribution in [-0.2, 0) is 4.74 Å². The largest absolute Gasteiger partial charge is 0.462 e. The van der Waals surface area contributed by atoms with Gasteiger partial charge in [-0.3, -0.25) is 0 Å². The first-order chi connectivity index (χ1) is 7.63. The van der Waals surface area contributed by atoms with Gasteiger partial charge in [-0.25, -0.2) is 9.78 Å². The standard InChI is InChI=1S/C10H9BrN2O2S/c1-2-15-10(14)8-7(12)6-3-5(11)4-13-9(6)16-8/h3-4H,2,12H2,1H3. The van der Waals surface area contributed by atoms with E-state index < -0.39 is 0 Å². The molecule has 0 saturated carbocycles. The number of hydrogen-bond acceptors (Lipinski definition) is 5. The fraction of sp³-hybridized carbons (Fsp3) is 0.200. The monoisotopic (exact) mass is 300 g/mol. The first kappa shape index (κ1) is 11.3. The number of halogens is 1. The molecule has 2 rings (SSSR count). The Hall–Kier alpha value is -1.14. The Morgan fingerprint density at radius 3 is 3.12 bits per heavy atom. The summed E-state index contributed by atoms with van der Waals surface area (Å²) in [6.45, 7) is 2.10. The number of esters is 1. The molecule has 16 heavy (non-hydrogen) atoms. The Kier molecular flexibility index (Phi) is 3.11. The van der Waals surface area contributed by atoms with Crippen LogP contribution in [0.3, 0.4) is 0 Å². The van der Waals surface area contributed by atoms with Gasteiger partial charge in [0, 0.05) is 16.1 Å². The summed E-state index contributed by atoms with van der Waals surface area (Å²) in [5.74, 6) is -0.390. The Morgan fingerprint density at radius 1 is 1.69 bits per heavy atom. The maximum Gasteiger partial charge on any atom is 0.350 e. The lowest BCUT2D eigenvalue weighted by Crippen LogP contribution is -2.04. The third-order valence-corrected chi connectivity index (χ3v) is 3.56. The summed E-state index contributed by atoms with van der Waals surface area (Å²) < 4.78 is 5.75. The second-order valence-electron chi connectivity index (χ2n) is 3.07. The molecule has 2 aromatic rings. The Labute approximate surface area is 105 Å². The number of nitrogens with zero attached hydrogens (tertiary/aromatic N) is 1. The van der Waals surface area contributed by atoms with Crippen molar-refractivity contribution in [2.75, 3.05) is 12.3 Å². The van der Waals surface area contributed by atoms with Crippen LogP contribution in [0.25, 0.3) is 10.2 Å². The SMILES string of the molecule is CCOC(=O)c1sc2ncc(Br)cc2c1N. The molecule has 0 unspecified atom stereocenters. The molecule has 2 N–H and O–H groups in total. The first-order valence-corrected chi connectivity index (χ1v) is 6.25. The predicted octanol–water partition coefficient (Wildman–Crippen LogP) is 2.82. The van der Waals surface area contributed by atoms with Crippen molar-refractivity contribution in [3.05, 3.63) is 21.6 Å². The quantitative estimate of drug-likeness (QED) is 0.866. The summed E-state index contributed by atoms with van der Waals surface area (Å²) in [6, 6.07) is 1.84. The number of hydrogen-bond donors (Lipinski definition) is 1. The molecule has 0 aliphatic rings.